The van der Waals surface area contributed by atoms with Gasteiger partial charge in [-0.2, -0.15) is 4.98 Å². The highest BCUT2D eigenvalue weighted by atomic mass is 16.5. The third-order valence-corrected chi connectivity index (χ3v) is 4.92. The maximum Gasteiger partial charge on any atom is 0.261 e. The number of aromatic amines is 1. The van der Waals surface area contributed by atoms with E-state index in [0.717, 1.165) is 49.8 Å². The molecule has 7 heteroatoms. The molecule has 0 radical (unpaired) electrons. The van der Waals surface area contributed by atoms with Crippen molar-refractivity contribution in [3.05, 3.63) is 45.0 Å². The van der Waals surface area contributed by atoms with E-state index in [4.69, 9.17) is 4.52 Å². The van der Waals surface area contributed by atoms with Crippen molar-refractivity contribution >= 4 is 5.91 Å². The molecule has 0 aromatic carbocycles. The molecule has 2 aromatic rings. The molecule has 1 atom stereocenters. The van der Waals surface area contributed by atoms with Crippen LogP contribution < -0.4 is 5.56 Å². The molecular formula is C17H20N4O3. The second-order valence-electron chi connectivity index (χ2n) is 6.55. The van der Waals surface area contributed by atoms with Gasteiger partial charge in [0.05, 0.1) is 6.04 Å². The van der Waals surface area contributed by atoms with Gasteiger partial charge in [0.15, 0.2) is 5.82 Å². The molecule has 1 amide bonds. The predicted molar refractivity (Wildman–Crippen MR) is 85.8 cm³/mol. The highest BCUT2D eigenvalue weighted by molar-refractivity contribution is 5.94. The van der Waals surface area contributed by atoms with Gasteiger partial charge in [-0.25, -0.2) is 0 Å². The molecular weight excluding hydrogens is 308 g/mol. The number of aryl methyl sites for hydroxylation is 3. The number of rotatable bonds is 2. The van der Waals surface area contributed by atoms with E-state index in [0.29, 0.717) is 18.3 Å². The number of fused-ring (bicyclic) bond motifs is 1. The van der Waals surface area contributed by atoms with E-state index >= 15 is 0 Å². The molecule has 4 rings (SSSR count). The van der Waals surface area contributed by atoms with Gasteiger partial charge in [0.2, 0.25) is 5.89 Å². The summed E-state index contributed by atoms with van der Waals surface area (Å²) < 4.78 is 5.04. The maximum atomic E-state index is 13.0. The first-order chi connectivity index (χ1) is 11.6. The summed E-state index contributed by atoms with van der Waals surface area (Å²) in [5, 5.41) is 3.95. The van der Waals surface area contributed by atoms with Crippen LogP contribution in [0.25, 0.3) is 0 Å². The minimum atomic E-state index is -0.296. The van der Waals surface area contributed by atoms with Gasteiger partial charge in [0.25, 0.3) is 11.5 Å². The van der Waals surface area contributed by atoms with Crippen LogP contribution in [-0.2, 0) is 12.8 Å². The Morgan fingerprint density at radius 2 is 2.17 bits per heavy atom. The molecule has 0 unspecified atom stereocenters. The first-order valence-electron chi connectivity index (χ1n) is 8.50. The van der Waals surface area contributed by atoms with Crippen LogP contribution in [0.15, 0.2) is 15.4 Å². The molecule has 1 saturated heterocycles. The molecule has 3 heterocycles. The largest absolute Gasteiger partial charge is 0.340 e. The third kappa shape index (κ3) is 2.53. The Hall–Kier alpha value is -2.44. The van der Waals surface area contributed by atoms with Crippen LogP contribution in [-0.4, -0.2) is 32.5 Å². The number of likely N-dealkylation sites (tertiary alicyclic amines) is 1. The van der Waals surface area contributed by atoms with E-state index in [1.165, 1.54) is 0 Å². The lowest BCUT2D eigenvalue weighted by atomic mass is 9.95. The number of carbonyl (C=O) groups is 1. The lowest BCUT2D eigenvalue weighted by Crippen LogP contribution is -2.35. The fraction of sp³-hybridized carbons (Fsp3) is 0.529. The first kappa shape index (κ1) is 15.1. The Bertz CT molecular complexity index is 839. The van der Waals surface area contributed by atoms with E-state index < -0.39 is 0 Å². The van der Waals surface area contributed by atoms with Crippen LogP contribution in [0.5, 0.6) is 0 Å². The first-order valence-corrected chi connectivity index (χ1v) is 8.50. The van der Waals surface area contributed by atoms with E-state index in [-0.39, 0.29) is 23.1 Å². The van der Waals surface area contributed by atoms with Gasteiger partial charge in [-0.3, -0.25) is 9.59 Å². The smallest absolute Gasteiger partial charge is 0.261 e. The maximum absolute atomic E-state index is 13.0. The van der Waals surface area contributed by atoms with Crippen molar-refractivity contribution in [1.29, 1.82) is 0 Å². The predicted octanol–water partition coefficient (Wildman–Crippen LogP) is 1.92. The lowest BCUT2D eigenvalue weighted by Gasteiger charge is -2.23. The average molecular weight is 328 g/mol. The van der Waals surface area contributed by atoms with Crippen LogP contribution in [0.3, 0.4) is 0 Å². The Labute approximate surface area is 139 Å². The summed E-state index contributed by atoms with van der Waals surface area (Å²) in [5.41, 5.74) is 2.00. The average Bonchev–Trinajstić information content (AvgIpc) is 3.22. The number of amides is 1. The number of aromatic nitrogens is 3. The van der Waals surface area contributed by atoms with Crippen molar-refractivity contribution in [1.82, 2.24) is 20.0 Å². The van der Waals surface area contributed by atoms with Crippen molar-refractivity contribution in [3.63, 3.8) is 0 Å². The van der Waals surface area contributed by atoms with Crippen LogP contribution in [0.1, 0.15) is 65.1 Å². The molecule has 0 saturated carbocycles. The summed E-state index contributed by atoms with van der Waals surface area (Å²) >= 11 is 0. The van der Waals surface area contributed by atoms with Crippen LogP contribution in [0, 0.1) is 6.92 Å². The fourth-order valence-corrected chi connectivity index (χ4v) is 3.72. The summed E-state index contributed by atoms with van der Waals surface area (Å²) in [7, 11) is 0. The van der Waals surface area contributed by atoms with Crippen molar-refractivity contribution in [3.8, 4) is 0 Å². The molecule has 1 aliphatic carbocycles. The Morgan fingerprint density at radius 3 is 2.96 bits per heavy atom. The molecule has 1 fully saturated rings. The minimum absolute atomic E-state index is 0.217. The highest BCUT2D eigenvalue weighted by Crippen LogP contribution is 2.31. The van der Waals surface area contributed by atoms with Crippen molar-refractivity contribution < 1.29 is 9.32 Å². The monoisotopic (exact) mass is 328 g/mol. The zero-order chi connectivity index (χ0) is 16.7. The Balaban J connectivity index is 1.67. The van der Waals surface area contributed by atoms with E-state index in [1.54, 1.807) is 17.9 Å². The second kappa shape index (κ2) is 5.89. The summed E-state index contributed by atoms with van der Waals surface area (Å²) in [4.78, 5) is 34.2. The van der Waals surface area contributed by atoms with Crippen molar-refractivity contribution in [2.45, 2.75) is 51.5 Å². The number of nitrogens with one attached hydrogen (secondary N) is 1. The van der Waals surface area contributed by atoms with Gasteiger partial charge in [-0.05, 0) is 50.2 Å². The normalized spacial score (nSPS) is 20.2. The van der Waals surface area contributed by atoms with Crippen LogP contribution >= 0.6 is 0 Å². The number of carbonyl (C=O) groups excluding carboxylic acids is 1. The highest BCUT2D eigenvalue weighted by Gasteiger charge is 2.35. The van der Waals surface area contributed by atoms with Crippen molar-refractivity contribution in [2.24, 2.45) is 0 Å². The SMILES string of the molecule is Cc1nc([C@@H]2CCCN2C(=O)c2cc3c([nH]c2=O)CCCC3)no1. The molecule has 1 aliphatic heterocycles. The van der Waals surface area contributed by atoms with Gasteiger partial charge in [0, 0.05) is 19.2 Å². The summed E-state index contributed by atoms with van der Waals surface area (Å²) in [5.74, 6) is 0.762. The third-order valence-electron chi connectivity index (χ3n) is 4.92. The zero-order valence-corrected chi connectivity index (χ0v) is 13.7. The summed E-state index contributed by atoms with van der Waals surface area (Å²) in [6.45, 7) is 2.33. The number of nitrogens with zero attached hydrogens (tertiary/aromatic N) is 3. The van der Waals surface area contributed by atoms with E-state index in [9.17, 15) is 9.59 Å². The summed E-state index contributed by atoms with van der Waals surface area (Å²) in [6.07, 6.45) is 5.64. The van der Waals surface area contributed by atoms with E-state index in [1.807, 2.05) is 0 Å². The standard InChI is InChI=1S/C17H20N4O3/c1-10-18-15(20-24-10)14-7-4-8-21(14)17(23)12-9-11-5-2-3-6-13(11)19-16(12)22/h9,14H,2-8H2,1H3,(H,19,22)/t14-/m0/s1. The Kier molecular flexibility index (Phi) is 3.70. The molecule has 0 bridgehead atoms. The van der Waals surface area contributed by atoms with Crippen LogP contribution in [0.4, 0.5) is 0 Å². The van der Waals surface area contributed by atoms with Gasteiger partial charge in [-0.15, -0.1) is 0 Å². The summed E-state index contributed by atoms with van der Waals surface area (Å²) in [6, 6.07) is 1.57. The van der Waals surface area contributed by atoms with Gasteiger partial charge in [0.1, 0.15) is 5.56 Å². The zero-order valence-electron chi connectivity index (χ0n) is 13.7. The molecule has 0 spiro atoms. The number of hydrogen-bond donors (Lipinski definition) is 1. The fourth-order valence-electron chi connectivity index (χ4n) is 3.72. The van der Waals surface area contributed by atoms with Gasteiger partial charge in [-0.1, -0.05) is 5.16 Å². The molecule has 7 nitrogen and oxygen atoms in total. The Morgan fingerprint density at radius 1 is 1.33 bits per heavy atom. The number of pyridine rings is 1. The molecule has 2 aromatic heterocycles. The lowest BCUT2D eigenvalue weighted by molar-refractivity contribution is 0.0726. The quantitative estimate of drug-likeness (QED) is 0.909. The second-order valence-corrected chi connectivity index (χ2v) is 6.55. The number of hydrogen-bond acceptors (Lipinski definition) is 5. The minimum Gasteiger partial charge on any atom is -0.340 e. The molecule has 126 valence electrons. The van der Waals surface area contributed by atoms with Crippen LogP contribution in [0.2, 0.25) is 0 Å². The van der Waals surface area contributed by atoms with Gasteiger partial charge < -0.3 is 14.4 Å². The molecule has 24 heavy (non-hydrogen) atoms. The molecule has 1 N–H and O–H groups in total. The molecule has 2 aliphatic rings. The number of H-pyrrole nitrogens is 1. The van der Waals surface area contributed by atoms with E-state index in [2.05, 4.69) is 15.1 Å². The topological polar surface area (TPSA) is 92.1 Å². The van der Waals surface area contributed by atoms with Gasteiger partial charge >= 0.3 is 0 Å². The van der Waals surface area contributed by atoms with Crippen molar-refractivity contribution in [2.75, 3.05) is 6.54 Å².